The number of Topliss-reactive ketones (excluding diaryl/α,β-unsaturated/α-hetero) is 1. The Morgan fingerprint density at radius 3 is 2.50 bits per heavy atom. The summed E-state index contributed by atoms with van der Waals surface area (Å²) in [6.07, 6.45) is -0.0369. The molecule has 2 amide bonds. The van der Waals surface area contributed by atoms with Crippen LogP contribution in [-0.4, -0.2) is 44.6 Å². The Hall–Kier alpha value is -3.57. The van der Waals surface area contributed by atoms with E-state index in [0.717, 1.165) is 6.20 Å². The molecular formula is C12H12N4O8. The quantitative estimate of drug-likeness (QED) is 0.243. The molecule has 0 aliphatic heterocycles. The van der Waals surface area contributed by atoms with Gasteiger partial charge < -0.3 is 21.1 Å². The van der Waals surface area contributed by atoms with Crippen LogP contribution in [0.2, 0.25) is 0 Å². The minimum atomic E-state index is -1.54. The SMILES string of the molecule is NC(=O)C(=O)CCC(NC(=O)c1c[nH]c(=O)c([N+](=O)[O-])c1)C(=O)O. The van der Waals surface area contributed by atoms with Crippen molar-refractivity contribution in [3.8, 4) is 0 Å². The third kappa shape index (κ3) is 4.72. The molecule has 0 spiro atoms. The standard InChI is InChI=1S/C12H12N4O8/c13-9(18)8(17)2-1-6(12(21)22)15-10(19)5-3-7(16(23)24)11(20)14-4-5/h3-4,6H,1-2H2,(H2,13,18)(H,14,20)(H,15,19)(H,21,22). The highest BCUT2D eigenvalue weighted by Gasteiger charge is 2.24. The van der Waals surface area contributed by atoms with Crippen LogP contribution in [-0.2, 0) is 14.4 Å². The molecule has 1 atom stereocenters. The zero-order valence-corrected chi connectivity index (χ0v) is 12.0. The molecule has 1 aromatic heterocycles. The summed E-state index contributed by atoms with van der Waals surface area (Å²) in [4.78, 5) is 67.5. The molecular weight excluding hydrogens is 328 g/mol. The molecule has 12 heteroatoms. The average molecular weight is 340 g/mol. The van der Waals surface area contributed by atoms with Crippen LogP contribution in [0.4, 0.5) is 5.69 Å². The number of aromatic nitrogens is 1. The molecule has 1 aromatic rings. The van der Waals surface area contributed by atoms with Gasteiger partial charge in [0.2, 0.25) is 5.78 Å². The second kappa shape index (κ2) is 7.62. The van der Waals surface area contributed by atoms with E-state index in [2.05, 4.69) is 0 Å². The minimum Gasteiger partial charge on any atom is -0.480 e. The molecule has 24 heavy (non-hydrogen) atoms. The number of amides is 2. The van der Waals surface area contributed by atoms with Gasteiger partial charge in [0.1, 0.15) is 6.04 Å². The first-order chi connectivity index (χ1) is 11.1. The zero-order chi connectivity index (χ0) is 18.4. The normalized spacial score (nSPS) is 11.3. The summed E-state index contributed by atoms with van der Waals surface area (Å²) in [5.74, 6) is -4.75. The number of rotatable bonds is 8. The number of nitrogens with one attached hydrogen (secondary N) is 2. The molecule has 0 bridgehead atoms. The van der Waals surface area contributed by atoms with Crippen LogP contribution in [0.1, 0.15) is 23.2 Å². The second-order valence-electron chi connectivity index (χ2n) is 4.55. The lowest BCUT2D eigenvalue weighted by atomic mass is 10.1. The number of ketones is 1. The van der Waals surface area contributed by atoms with Gasteiger partial charge in [0, 0.05) is 18.7 Å². The summed E-state index contributed by atoms with van der Waals surface area (Å²) >= 11 is 0. The molecule has 1 rings (SSSR count). The number of nitrogens with zero attached hydrogens (tertiary/aromatic N) is 1. The van der Waals surface area contributed by atoms with Crippen LogP contribution >= 0.6 is 0 Å². The van der Waals surface area contributed by atoms with E-state index in [1.54, 1.807) is 0 Å². The van der Waals surface area contributed by atoms with Crippen LogP contribution in [0.15, 0.2) is 17.1 Å². The first-order valence-corrected chi connectivity index (χ1v) is 6.37. The molecule has 0 aromatic carbocycles. The number of hydrogen-bond donors (Lipinski definition) is 4. The van der Waals surface area contributed by atoms with Crippen LogP contribution in [0, 0.1) is 10.1 Å². The number of carboxylic acid groups (broad SMARTS) is 1. The van der Waals surface area contributed by atoms with Gasteiger partial charge in [-0.2, -0.15) is 0 Å². The third-order valence-corrected chi connectivity index (χ3v) is 2.88. The van der Waals surface area contributed by atoms with E-state index >= 15 is 0 Å². The number of aliphatic carboxylic acids is 1. The van der Waals surface area contributed by atoms with Crippen molar-refractivity contribution in [3.05, 3.63) is 38.3 Å². The highest BCUT2D eigenvalue weighted by molar-refractivity contribution is 6.35. The van der Waals surface area contributed by atoms with Crippen molar-refractivity contribution in [2.75, 3.05) is 0 Å². The van der Waals surface area contributed by atoms with Crippen molar-refractivity contribution in [2.24, 2.45) is 5.73 Å². The van der Waals surface area contributed by atoms with Gasteiger partial charge in [-0.05, 0) is 6.42 Å². The molecule has 1 heterocycles. The monoisotopic (exact) mass is 340 g/mol. The highest BCUT2D eigenvalue weighted by Crippen LogP contribution is 2.07. The maximum absolute atomic E-state index is 11.9. The van der Waals surface area contributed by atoms with E-state index in [9.17, 15) is 34.1 Å². The Kier molecular flexibility index (Phi) is 5.87. The molecule has 0 radical (unpaired) electrons. The molecule has 128 valence electrons. The van der Waals surface area contributed by atoms with Gasteiger partial charge in [-0.25, -0.2) is 4.79 Å². The third-order valence-electron chi connectivity index (χ3n) is 2.88. The molecule has 0 aliphatic rings. The van der Waals surface area contributed by atoms with Gasteiger partial charge in [-0.3, -0.25) is 29.3 Å². The van der Waals surface area contributed by atoms with E-state index in [-0.39, 0.29) is 5.56 Å². The Balaban J connectivity index is 2.89. The van der Waals surface area contributed by atoms with Gasteiger partial charge in [-0.1, -0.05) is 0 Å². The lowest BCUT2D eigenvalue weighted by molar-refractivity contribution is -0.386. The summed E-state index contributed by atoms with van der Waals surface area (Å²) in [5.41, 5.74) is 2.46. The number of primary amides is 1. The Bertz CT molecular complexity index is 769. The number of nitro groups is 1. The van der Waals surface area contributed by atoms with Gasteiger partial charge in [-0.15, -0.1) is 0 Å². The Morgan fingerprint density at radius 1 is 1.38 bits per heavy atom. The summed E-state index contributed by atoms with van der Waals surface area (Å²) in [5, 5.41) is 21.7. The molecule has 12 nitrogen and oxygen atoms in total. The van der Waals surface area contributed by atoms with E-state index in [1.165, 1.54) is 0 Å². The van der Waals surface area contributed by atoms with Crippen molar-refractivity contribution in [1.82, 2.24) is 10.3 Å². The topological polar surface area (TPSA) is 203 Å². The molecule has 0 aliphatic carbocycles. The van der Waals surface area contributed by atoms with E-state index in [1.807, 2.05) is 10.3 Å². The van der Waals surface area contributed by atoms with Crippen LogP contribution in [0.25, 0.3) is 0 Å². The van der Waals surface area contributed by atoms with Gasteiger partial charge in [0.05, 0.1) is 10.5 Å². The van der Waals surface area contributed by atoms with Gasteiger partial charge >= 0.3 is 17.2 Å². The summed E-state index contributed by atoms with van der Waals surface area (Å²) in [7, 11) is 0. The van der Waals surface area contributed by atoms with Crippen molar-refractivity contribution >= 4 is 29.3 Å². The van der Waals surface area contributed by atoms with Crippen LogP contribution in [0.3, 0.4) is 0 Å². The van der Waals surface area contributed by atoms with E-state index in [0.29, 0.717) is 6.07 Å². The van der Waals surface area contributed by atoms with Crippen molar-refractivity contribution in [2.45, 2.75) is 18.9 Å². The number of aromatic amines is 1. The fraction of sp³-hybridized carbons (Fsp3) is 0.250. The van der Waals surface area contributed by atoms with E-state index < -0.39 is 58.6 Å². The average Bonchev–Trinajstić information content (AvgIpc) is 2.50. The maximum atomic E-state index is 11.9. The number of carboxylic acids is 1. The summed E-state index contributed by atoms with van der Waals surface area (Å²) in [6, 6.07) is -0.853. The molecule has 0 saturated heterocycles. The highest BCUT2D eigenvalue weighted by atomic mass is 16.6. The smallest absolute Gasteiger partial charge is 0.334 e. The largest absolute Gasteiger partial charge is 0.480 e. The second-order valence-corrected chi connectivity index (χ2v) is 4.55. The number of H-pyrrole nitrogens is 1. The molecule has 1 unspecified atom stereocenters. The lowest BCUT2D eigenvalue weighted by Gasteiger charge is -2.13. The molecule has 5 N–H and O–H groups in total. The predicted molar refractivity (Wildman–Crippen MR) is 76.0 cm³/mol. The maximum Gasteiger partial charge on any atom is 0.334 e. The first kappa shape index (κ1) is 18.5. The number of carbonyl (C=O) groups is 4. The van der Waals surface area contributed by atoms with Gasteiger partial charge in [0.15, 0.2) is 0 Å². The fourth-order valence-corrected chi connectivity index (χ4v) is 1.64. The zero-order valence-electron chi connectivity index (χ0n) is 12.0. The summed E-state index contributed by atoms with van der Waals surface area (Å²) in [6.45, 7) is 0. The molecule has 0 fully saturated rings. The number of carbonyl (C=O) groups excluding carboxylic acids is 3. The van der Waals surface area contributed by atoms with Gasteiger partial charge in [0.25, 0.3) is 11.8 Å². The Morgan fingerprint density at radius 2 is 2.00 bits per heavy atom. The van der Waals surface area contributed by atoms with E-state index in [4.69, 9.17) is 10.8 Å². The summed E-state index contributed by atoms with van der Waals surface area (Å²) < 4.78 is 0. The van der Waals surface area contributed by atoms with Crippen LogP contribution in [0.5, 0.6) is 0 Å². The lowest BCUT2D eigenvalue weighted by Crippen LogP contribution is -2.41. The predicted octanol–water partition coefficient (Wildman–Crippen LogP) is -1.70. The minimum absolute atomic E-state index is 0.353. The van der Waals surface area contributed by atoms with Crippen molar-refractivity contribution in [3.63, 3.8) is 0 Å². The number of pyridine rings is 1. The number of hydrogen-bond acceptors (Lipinski definition) is 7. The van der Waals surface area contributed by atoms with Crippen LogP contribution < -0.4 is 16.6 Å². The van der Waals surface area contributed by atoms with Crippen molar-refractivity contribution in [1.29, 1.82) is 0 Å². The Labute approximate surface area is 132 Å². The van der Waals surface area contributed by atoms with Crippen molar-refractivity contribution < 1.29 is 29.2 Å². The number of nitrogens with two attached hydrogens (primary N) is 1. The first-order valence-electron chi connectivity index (χ1n) is 6.37. The molecule has 0 saturated carbocycles. The fourth-order valence-electron chi connectivity index (χ4n) is 1.64.